The Morgan fingerprint density at radius 2 is 1.86 bits per heavy atom. The van der Waals surface area contributed by atoms with E-state index in [-0.39, 0.29) is 17.4 Å². The SMILES string of the molecule is CCCNc1ccc(C(=O)NCCc2ccc(F)cc2)nn1. The van der Waals surface area contributed by atoms with E-state index in [0.717, 1.165) is 18.5 Å². The molecule has 1 amide bonds. The van der Waals surface area contributed by atoms with Crippen molar-refractivity contribution >= 4 is 11.7 Å². The fraction of sp³-hybridized carbons (Fsp3) is 0.312. The third-order valence-electron chi connectivity index (χ3n) is 3.07. The first-order valence-electron chi connectivity index (χ1n) is 7.29. The van der Waals surface area contributed by atoms with Gasteiger partial charge < -0.3 is 10.6 Å². The number of benzene rings is 1. The molecular weight excluding hydrogens is 283 g/mol. The molecule has 0 radical (unpaired) electrons. The summed E-state index contributed by atoms with van der Waals surface area (Å²) in [5, 5.41) is 13.7. The van der Waals surface area contributed by atoms with Gasteiger partial charge in [0.1, 0.15) is 11.6 Å². The van der Waals surface area contributed by atoms with Crippen LogP contribution in [0.3, 0.4) is 0 Å². The quantitative estimate of drug-likeness (QED) is 0.824. The molecule has 0 aliphatic carbocycles. The van der Waals surface area contributed by atoms with Crippen LogP contribution in [-0.4, -0.2) is 29.2 Å². The zero-order chi connectivity index (χ0) is 15.8. The van der Waals surface area contributed by atoms with E-state index >= 15 is 0 Å². The summed E-state index contributed by atoms with van der Waals surface area (Å²) in [5.41, 5.74) is 1.24. The number of halogens is 1. The lowest BCUT2D eigenvalue weighted by Crippen LogP contribution is -2.26. The van der Waals surface area contributed by atoms with Gasteiger partial charge in [-0.2, -0.15) is 0 Å². The van der Waals surface area contributed by atoms with Crippen LogP contribution in [0.25, 0.3) is 0 Å². The largest absolute Gasteiger partial charge is 0.369 e. The van der Waals surface area contributed by atoms with Gasteiger partial charge in [0.05, 0.1) is 0 Å². The Labute approximate surface area is 129 Å². The van der Waals surface area contributed by atoms with Crippen LogP contribution in [-0.2, 0) is 6.42 Å². The fourth-order valence-electron chi connectivity index (χ4n) is 1.86. The second kappa shape index (κ2) is 8.07. The maximum Gasteiger partial charge on any atom is 0.271 e. The van der Waals surface area contributed by atoms with Crippen LogP contribution < -0.4 is 10.6 Å². The first-order chi connectivity index (χ1) is 10.7. The van der Waals surface area contributed by atoms with Crippen molar-refractivity contribution in [3.8, 4) is 0 Å². The van der Waals surface area contributed by atoms with Gasteiger partial charge in [0.15, 0.2) is 5.69 Å². The third kappa shape index (κ3) is 4.80. The van der Waals surface area contributed by atoms with E-state index in [1.54, 1.807) is 24.3 Å². The highest BCUT2D eigenvalue weighted by Crippen LogP contribution is 2.04. The second-order valence-corrected chi connectivity index (χ2v) is 4.86. The number of anilines is 1. The van der Waals surface area contributed by atoms with Crippen LogP contribution >= 0.6 is 0 Å². The molecular formula is C16H19FN4O. The molecule has 0 saturated heterocycles. The first-order valence-corrected chi connectivity index (χ1v) is 7.29. The van der Waals surface area contributed by atoms with E-state index in [9.17, 15) is 9.18 Å². The van der Waals surface area contributed by atoms with E-state index in [4.69, 9.17) is 0 Å². The molecule has 2 rings (SSSR count). The summed E-state index contributed by atoms with van der Waals surface area (Å²) in [5.74, 6) is 0.126. The highest BCUT2D eigenvalue weighted by Gasteiger charge is 2.07. The highest BCUT2D eigenvalue weighted by atomic mass is 19.1. The Bertz CT molecular complexity index is 599. The van der Waals surface area contributed by atoms with E-state index in [1.807, 2.05) is 0 Å². The Hall–Kier alpha value is -2.50. The third-order valence-corrected chi connectivity index (χ3v) is 3.07. The number of carbonyl (C=O) groups excluding carboxylic acids is 1. The van der Waals surface area contributed by atoms with Crippen LogP contribution in [0.15, 0.2) is 36.4 Å². The van der Waals surface area contributed by atoms with Gasteiger partial charge in [0.25, 0.3) is 5.91 Å². The Kier molecular flexibility index (Phi) is 5.82. The van der Waals surface area contributed by atoms with Crippen molar-refractivity contribution in [2.24, 2.45) is 0 Å². The molecule has 1 heterocycles. The molecule has 0 bridgehead atoms. The van der Waals surface area contributed by atoms with Gasteiger partial charge in [-0.05, 0) is 42.7 Å². The van der Waals surface area contributed by atoms with Crippen molar-refractivity contribution < 1.29 is 9.18 Å². The van der Waals surface area contributed by atoms with Crippen molar-refractivity contribution in [2.45, 2.75) is 19.8 Å². The summed E-state index contributed by atoms with van der Waals surface area (Å²) in [7, 11) is 0. The molecule has 0 saturated carbocycles. The van der Waals surface area contributed by atoms with Gasteiger partial charge in [0, 0.05) is 13.1 Å². The molecule has 1 aromatic heterocycles. The zero-order valence-electron chi connectivity index (χ0n) is 12.5. The summed E-state index contributed by atoms with van der Waals surface area (Å²) >= 11 is 0. The molecule has 2 N–H and O–H groups in total. The van der Waals surface area contributed by atoms with E-state index < -0.39 is 0 Å². The van der Waals surface area contributed by atoms with Crippen LogP contribution in [0.4, 0.5) is 10.2 Å². The van der Waals surface area contributed by atoms with E-state index in [2.05, 4.69) is 27.8 Å². The molecule has 2 aromatic rings. The number of aromatic nitrogens is 2. The summed E-state index contributed by atoms with van der Waals surface area (Å²) in [4.78, 5) is 11.9. The highest BCUT2D eigenvalue weighted by molar-refractivity contribution is 5.92. The molecule has 0 fully saturated rings. The molecule has 0 atom stereocenters. The molecule has 116 valence electrons. The smallest absolute Gasteiger partial charge is 0.271 e. The summed E-state index contributed by atoms with van der Waals surface area (Å²) in [6.45, 7) is 3.34. The van der Waals surface area contributed by atoms with E-state index in [0.29, 0.717) is 18.8 Å². The minimum atomic E-state index is -0.267. The van der Waals surface area contributed by atoms with Gasteiger partial charge >= 0.3 is 0 Å². The van der Waals surface area contributed by atoms with Crippen molar-refractivity contribution in [3.05, 3.63) is 53.5 Å². The predicted molar refractivity (Wildman–Crippen MR) is 83.2 cm³/mol. The van der Waals surface area contributed by atoms with Crippen LogP contribution in [0.5, 0.6) is 0 Å². The summed E-state index contributed by atoms with van der Waals surface area (Å²) in [6, 6.07) is 9.59. The molecule has 1 aromatic carbocycles. The number of rotatable bonds is 7. The maximum absolute atomic E-state index is 12.8. The lowest BCUT2D eigenvalue weighted by Gasteiger charge is -2.06. The van der Waals surface area contributed by atoms with Crippen LogP contribution in [0.1, 0.15) is 29.4 Å². The van der Waals surface area contributed by atoms with Crippen LogP contribution in [0, 0.1) is 5.82 Å². The topological polar surface area (TPSA) is 66.9 Å². The normalized spacial score (nSPS) is 10.3. The molecule has 0 aliphatic heterocycles. The minimum Gasteiger partial charge on any atom is -0.369 e. The van der Waals surface area contributed by atoms with Gasteiger partial charge in [-0.1, -0.05) is 19.1 Å². The first kappa shape index (κ1) is 15.9. The summed E-state index contributed by atoms with van der Waals surface area (Å²) < 4.78 is 12.8. The Balaban J connectivity index is 1.80. The second-order valence-electron chi connectivity index (χ2n) is 4.86. The average Bonchev–Trinajstić information content (AvgIpc) is 2.55. The summed E-state index contributed by atoms with van der Waals surface area (Å²) in [6.07, 6.45) is 1.63. The number of nitrogens with zero attached hydrogens (tertiary/aromatic N) is 2. The van der Waals surface area contributed by atoms with Crippen molar-refractivity contribution in [3.63, 3.8) is 0 Å². The minimum absolute atomic E-state index is 0.264. The molecule has 0 spiro atoms. The number of hydrogen-bond acceptors (Lipinski definition) is 4. The standard InChI is InChI=1S/C16H19FN4O/c1-2-10-18-15-8-7-14(20-21-15)16(22)19-11-9-12-3-5-13(17)6-4-12/h3-8H,2,9-11H2,1H3,(H,18,21)(H,19,22). The molecule has 6 heteroatoms. The molecule has 0 unspecified atom stereocenters. The van der Waals surface area contributed by atoms with Crippen molar-refractivity contribution in [1.82, 2.24) is 15.5 Å². The Morgan fingerprint density at radius 1 is 1.09 bits per heavy atom. The number of amides is 1. The lowest BCUT2D eigenvalue weighted by molar-refractivity contribution is 0.0948. The lowest BCUT2D eigenvalue weighted by atomic mass is 10.1. The zero-order valence-corrected chi connectivity index (χ0v) is 12.5. The van der Waals surface area contributed by atoms with Crippen LogP contribution in [0.2, 0.25) is 0 Å². The number of nitrogens with one attached hydrogen (secondary N) is 2. The Morgan fingerprint density at radius 3 is 2.50 bits per heavy atom. The number of hydrogen-bond donors (Lipinski definition) is 2. The average molecular weight is 302 g/mol. The fourth-order valence-corrected chi connectivity index (χ4v) is 1.86. The van der Waals surface area contributed by atoms with Gasteiger partial charge in [0.2, 0.25) is 0 Å². The van der Waals surface area contributed by atoms with Gasteiger partial charge in [-0.25, -0.2) is 4.39 Å². The number of carbonyl (C=O) groups is 1. The molecule has 22 heavy (non-hydrogen) atoms. The van der Waals surface area contributed by atoms with Gasteiger partial charge in [-0.3, -0.25) is 4.79 Å². The molecule has 0 aliphatic rings. The van der Waals surface area contributed by atoms with E-state index in [1.165, 1.54) is 12.1 Å². The van der Waals surface area contributed by atoms with Gasteiger partial charge in [-0.15, -0.1) is 10.2 Å². The monoisotopic (exact) mass is 302 g/mol. The maximum atomic E-state index is 12.8. The molecule has 5 nitrogen and oxygen atoms in total. The van der Waals surface area contributed by atoms with Crippen molar-refractivity contribution in [1.29, 1.82) is 0 Å². The predicted octanol–water partition coefficient (Wildman–Crippen LogP) is 2.41. The van der Waals surface area contributed by atoms with Crippen molar-refractivity contribution in [2.75, 3.05) is 18.4 Å².